The number of nitrogens with zero attached hydrogens (tertiary/aromatic N) is 1. The molecule has 0 aliphatic heterocycles. The number of hydrogen-bond acceptors (Lipinski definition) is 5. The summed E-state index contributed by atoms with van der Waals surface area (Å²) in [5.41, 5.74) is 2.37. The highest BCUT2D eigenvalue weighted by molar-refractivity contribution is 6.06. The van der Waals surface area contributed by atoms with Gasteiger partial charge in [0.15, 0.2) is 6.61 Å². The van der Waals surface area contributed by atoms with Crippen molar-refractivity contribution in [1.29, 1.82) is 0 Å². The van der Waals surface area contributed by atoms with E-state index in [-0.39, 0.29) is 12.6 Å². The standard InChI is InChI=1S/C19H25NO5/c1-5-10-20-13(4)18(19(22)24-7-3)15-11-14(8-9-16(15)20)25-12-17(21)23-6-2/h8-9,11H,5-7,10,12H2,1-4H3. The lowest BCUT2D eigenvalue weighted by molar-refractivity contribution is -0.145. The maximum Gasteiger partial charge on any atom is 0.344 e. The zero-order valence-electron chi connectivity index (χ0n) is 15.3. The summed E-state index contributed by atoms with van der Waals surface area (Å²) in [5.74, 6) is -0.255. The molecule has 1 aromatic heterocycles. The summed E-state index contributed by atoms with van der Waals surface area (Å²) in [6.07, 6.45) is 0.952. The molecule has 6 heteroatoms. The molecule has 0 atom stereocenters. The normalized spacial score (nSPS) is 10.7. The van der Waals surface area contributed by atoms with Crippen LogP contribution in [0.2, 0.25) is 0 Å². The topological polar surface area (TPSA) is 66.8 Å². The molecule has 0 aliphatic rings. The third-order valence-electron chi connectivity index (χ3n) is 3.88. The second kappa shape index (κ2) is 8.55. The van der Waals surface area contributed by atoms with Crippen LogP contribution in [0.5, 0.6) is 5.75 Å². The lowest BCUT2D eigenvalue weighted by atomic mass is 10.1. The third kappa shape index (κ3) is 4.13. The van der Waals surface area contributed by atoms with Crippen molar-refractivity contribution in [2.24, 2.45) is 0 Å². The third-order valence-corrected chi connectivity index (χ3v) is 3.88. The predicted octanol–water partition coefficient (Wildman–Crippen LogP) is 3.48. The SMILES string of the molecule is CCCn1c(C)c(C(=O)OCC)c2cc(OCC(=O)OCC)ccc21. The highest BCUT2D eigenvalue weighted by Crippen LogP contribution is 2.30. The maximum absolute atomic E-state index is 12.4. The summed E-state index contributed by atoms with van der Waals surface area (Å²) >= 11 is 0. The number of fused-ring (bicyclic) bond motifs is 1. The highest BCUT2D eigenvalue weighted by Gasteiger charge is 2.21. The van der Waals surface area contributed by atoms with Gasteiger partial charge in [-0.05, 0) is 45.4 Å². The summed E-state index contributed by atoms with van der Waals surface area (Å²) < 4.78 is 17.7. The molecule has 2 aromatic rings. The van der Waals surface area contributed by atoms with Gasteiger partial charge in [-0.1, -0.05) is 6.92 Å². The van der Waals surface area contributed by atoms with Crippen LogP contribution >= 0.6 is 0 Å². The van der Waals surface area contributed by atoms with Crippen LogP contribution in [0, 0.1) is 6.92 Å². The number of benzene rings is 1. The summed E-state index contributed by atoms with van der Waals surface area (Å²) in [6.45, 7) is 8.81. The predicted molar refractivity (Wildman–Crippen MR) is 95.1 cm³/mol. The summed E-state index contributed by atoms with van der Waals surface area (Å²) in [7, 11) is 0. The zero-order valence-corrected chi connectivity index (χ0v) is 15.3. The fourth-order valence-electron chi connectivity index (χ4n) is 2.87. The van der Waals surface area contributed by atoms with Gasteiger partial charge in [0, 0.05) is 23.1 Å². The molecule has 0 spiro atoms. The van der Waals surface area contributed by atoms with Gasteiger partial charge in [-0.3, -0.25) is 0 Å². The van der Waals surface area contributed by atoms with Crippen LogP contribution in [0.3, 0.4) is 0 Å². The second-order valence-corrected chi connectivity index (χ2v) is 5.61. The van der Waals surface area contributed by atoms with Gasteiger partial charge < -0.3 is 18.8 Å². The quantitative estimate of drug-likeness (QED) is 0.684. The lowest BCUT2D eigenvalue weighted by Gasteiger charge is -2.08. The summed E-state index contributed by atoms with van der Waals surface area (Å²) in [5, 5.41) is 0.769. The van der Waals surface area contributed by atoms with Crippen LogP contribution in [0.1, 0.15) is 43.2 Å². The zero-order chi connectivity index (χ0) is 18.4. The Kier molecular flexibility index (Phi) is 6.44. The Morgan fingerprint density at radius 2 is 1.80 bits per heavy atom. The number of ether oxygens (including phenoxy) is 3. The molecule has 1 aromatic carbocycles. The largest absolute Gasteiger partial charge is 0.482 e. The molecule has 0 amide bonds. The molecule has 0 saturated carbocycles. The summed E-state index contributed by atoms with van der Waals surface area (Å²) in [6, 6.07) is 5.48. The van der Waals surface area contributed by atoms with Gasteiger partial charge in [0.25, 0.3) is 0 Å². The molecule has 6 nitrogen and oxygen atoms in total. The molecular weight excluding hydrogens is 322 g/mol. The van der Waals surface area contributed by atoms with Crippen molar-refractivity contribution < 1.29 is 23.8 Å². The average Bonchev–Trinajstić information content (AvgIpc) is 2.85. The van der Waals surface area contributed by atoms with Crippen molar-refractivity contribution >= 4 is 22.8 Å². The van der Waals surface area contributed by atoms with E-state index >= 15 is 0 Å². The van der Waals surface area contributed by atoms with E-state index < -0.39 is 5.97 Å². The van der Waals surface area contributed by atoms with Crippen molar-refractivity contribution in [3.8, 4) is 5.75 Å². The minimum atomic E-state index is -0.423. The van der Waals surface area contributed by atoms with Crippen LogP contribution in [0.25, 0.3) is 10.9 Å². The van der Waals surface area contributed by atoms with Crippen LogP contribution in [0.15, 0.2) is 18.2 Å². The summed E-state index contributed by atoms with van der Waals surface area (Å²) in [4.78, 5) is 23.9. The number of aromatic nitrogens is 1. The van der Waals surface area contributed by atoms with E-state index in [0.29, 0.717) is 24.5 Å². The molecule has 2 rings (SSSR count). The first kappa shape index (κ1) is 18.8. The highest BCUT2D eigenvalue weighted by atomic mass is 16.6. The fraction of sp³-hybridized carbons (Fsp3) is 0.474. The van der Waals surface area contributed by atoms with Gasteiger partial charge in [0.1, 0.15) is 5.75 Å². The number of esters is 2. The molecule has 0 N–H and O–H groups in total. The molecule has 0 saturated heterocycles. The van der Waals surface area contributed by atoms with E-state index in [1.165, 1.54) is 0 Å². The first-order valence-corrected chi connectivity index (χ1v) is 8.61. The Morgan fingerprint density at radius 3 is 2.44 bits per heavy atom. The van der Waals surface area contributed by atoms with Crippen molar-refractivity contribution in [1.82, 2.24) is 4.57 Å². The number of hydrogen-bond donors (Lipinski definition) is 0. The van der Waals surface area contributed by atoms with E-state index in [1.54, 1.807) is 26.0 Å². The van der Waals surface area contributed by atoms with Crippen LogP contribution in [-0.4, -0.2) is 36.3 Å². The average molecular weight is 347 g/mol. The molecule has 0 aliphatic carbocycles. The molecule has 0 unspecified atom stereocenters. The van der Waals surface area contributed by atoms with E-state index in [0.717, 1.165) is 29.6 Å². The van der Waals surface area contributed by atoms with Crippen molar-refractivity contribution in [2.75, 3.05) is 19.8 Å². The van der Waals surface area contributed by atoms with Crippen molar-refractivity contribution in [2.45, 2.75) is 40.7 Å². The fourth-order valence-corrected chi connectivity index (χ4v) is 2.87. The molecule has 25 heavy (non-hydrogen) atoms. The second-order valence-electron chi connectivity index (χ2n) is 5.61. The van der Waals surface area contributed by atoms with Crippen LogP contribution < -0.4 is 4.74 Å². The molecular formula is C19H25NO5. The lowest BCUT2D eigenvalue weighted by Crippen LogP contribution is -2.14. The monoisotopic (exact) mass is 347 g/mol. The van der Waals surface area contributed by atoms with Gasteiger partial charge in [-0.25, -0.2) is 9.59 Å². The van der Waals surface area contributed by atoms with E-state index in [4.69, 9.17) is 14.2 Å². The van der Waals surface area contributed by atoms with E-state index in [1.807, 2.05) is 13.0 Å². The number of carbonyl (C=O) groups is 2. The van der Waals surface area contributed by atoms with Crippen LogP contribution in [-0.2, 0) is 20.8 Å². The van der Waals surface area contributed by atoms with Crippen molar-refractivity contribution in [3.05, 3.63) is 29.5 Å². The number of aryl methyl sites for hydroxylation is 1. The molecule has 136 valence electrons. The minimum Gasteiger partial charge on any atom is -0.482 e. The number of carbonyl (C=O) groups excluding carboxylic acids is 2. The Balaban J connectivity index is 2.42. The Bertz CT molecular complexity index is 763. The van der Waals surface area contributed by atoms with E-state index in [2.05, 4.69) is 11.5 Å². The first-order valence-electron chi connectivity index (χ1n) is 8.61. The number of rotatable bonds is 8. The van der Waals surface area contributed by atoms with Gasteiger partial charge in [0.05, 0.1) is 18.8 Å². The molecule has 0 fully saturated rings. The van der Waals surface area contributed by atoms with Crippen LogP contribution in [0.4, 0.5) is 0 Å². The molecule has 0 bridgehead atoms. The minimum absolute atomic E-state index is 0.164. The smallest absolute Gasteiger partial charge is 0.344 e. The Labute approximate surface area is 147 Å². The molecule has 0 radical (unpaired) electrons. The molecule has 1 heterocycles. The van der Waals surface area contributed by atoms with Crippen molar-refractivity contribution in [3.63, 3.8) is 0 Å². The Hall–Kier alpha value is -2.50. The van der Waals surface area contributed by atoms with Gasteiger partial charge in [-0.15, -0.1) is 0 Å². The first-order chi connectivity index (χ1) is 12.0. The van der Waals surface area contributed by atoms with Gasteiger partial charge >= 0.3 is 11.9 Å². The van der Waals surface area contributed by atoms with Gasteiger partial charge in [0.2, 0.25) is 0 Å². The Morgan fingerprint density at radius 1 is 1.08 bits per heavy atom. The van der Waals surface area contributed by atoms with E-state index in [9.17, 15) is 9.59 Å². The maximum atomic E-state index is 12.4. The van der Waals surface area contributed by atoms with Gasteiger partial charge in [-0.2, -0.15) is 0 Å².